The van der Waals surface area contributed by atoms with Gasteiger partial charge in [0, 0.05) is 80.3 Å². The molecule has 0 aliphatic carbocycles. The number of fused-ring (bicyclic) bond motifs is 2. The maximum Gasteiger partial charge on any atom is 0.116 e. The summed E-state index contributed by atoms with van der Waals surface area (Å²) in [4.78, 5) is 3.94. The van der Waals surface area contributed by atoms with Crippen molar-refractivity contribution in [1.82, 2.24) is 9.80 Å². The zero-order valence-electron chi connectivity index (χ0n) is 17.0. The van der Waals surface area contributed by atoms with E-state index in [1.165, 1.54) is 0 Å². The van der Waals surface area contributed by atoms with Crippen molar-refractivity contribution in [2.75, 3.05) is 14.1 Å². The second-order valence-electron chi connectivity index (χ2n) is 8.56. The molecule has 5 aromatic rings. The highest BCUT2D eigenvalue weighted by atomic mass is 35.5. The first-order valence-electron chi connectivity index (χ1n) is 10.2. The molecule has 0 unspecified atom stereocenters. The van der Waals surface area contributed by atoms with Crippen LogP contribution in [-0.2, 0) is 0 Å². The van der Waals surface area contributed by atoms with Crippen molar-refractivity contribution >= 4 is 113 Å². The Morgan fingerprint density at radius 3 is 2.19 bits per heavy atom. The van der Waals surface area contributed by atoms with Gasteiger partial charge < -0.3 is 9.80 Å². The molecule has 0 radical (unpaired) electrons. The highest BCUT2D eigenvalue weighted by Gasteiger charge is 2.24. The zero-order chi connectivity index (χ0) is 22.0. The summed E-state index contributed by atoms with van der Waals surface area (Å²) in [6.07, 6.45) is 6.15. The van der Waals surface area contributed by atoms with Crippen LogP contribution in [0.2, 0.25) is 15.1 Å². The topological polar surface area (TPSA) is 6.48 Å². The van der Waals surface area contributed by atoms with Gasteiger partial charge in [0.2, 0.25) is 0 Å². The van der Waals surface area contributed by atoms with Crippen LogP contribution in [0, 0.1) is 0 Å². The molecule has 0 N–H and O–H groups in total. The van der Waals surface area contributed by atoms with Gasteiger partial charge in [-0.05, 0) is 27.4 Å². The maximum atomic E-state index is 7.00. The molecule has 0 bridgehead atoms. The standard InChI is InChI=1S/C26H14Cl4N2/c1-31-8-12-7-17(27)21-13-5-6-15-18-11(9-32(2)26(15)30)3-4-14(20(13)18)22-23(21)19(12)16(10-31)24(28)25(22)29/h3-10H,1-2H3. The molecule has 2 aliphatic heterocycles. The molecule has 0 fully saturated rings. The highest BCUT2D eigenvalue weighted by Crippen LogP contribution is 2.44. The first-order valence-corrected chi connectivity index (χ1v) is 11.7. The van der Waals surface area contributed by atoms with Crippen LogP contribution in [0.4, 0.5) is 0 Å². The summed E-state index contributed by atoms with van der Waals surface area (Å²) >= 11 is 27.5. The van der Waals surface area contributed by atoms with E-state index < -0.39 is 0 Å². The molecule has 0 aromatic heterocycles. The van der Waals surface area contributed by atoms with Crippen LogP contribution in [0.5, 0.6) is 0 Å². The van der Waals surface area contributed by atoms with Crippen LogP contribution in [0.25, 0.3) is 66.8 Å². The SMILES string of the molecule is CN1C=c2cc(Cl)c3c4ccc5c6c(ccc(c7c(Cl)c(Cl)c(c2c37)=C1)c64)=CN(C)C=5Cl. The predicted molar refractivity (Wildman–Crippen MR) is 139 cm³/mol. The Morgan fingerprint density at radius 2 is 1.38 bits per heavy atom. The van der Waals surface area contributed by atoms with Gasteiger partial charge in [0.05, 0.1) is 10.0 Å². The van der Waals surface area contributed by atoms with Gasteiger partial charge in [0.15, 0.2) is 0 Å². The van der Waals surface area contributed by atoms with Crippen LogP contribution in [-0.4, -0.2) is 23.9 Å². The smallest absolute Gasteiger partial charge is 0.116 e. The monoisotopic (exact) mass is 494 g/mol. The minimum absolute atomic E-state index is 0.550. The van der Waals surface area contributed by atoms with Crippen molar-refractivity contribution in [1.29, 1.82) is 0 Å². The summed E-state index contributed by atoms with van der Waals surface area (Å²) < 4.78 is 0. The Balaban J connectivity index is 1.94. The van der Waals surface area contributed by atoms with E-state index in [-0.39, 0.29) is 0 Å². The lowest BCUT2D eigenvalue weighted by molar-refractivity contribution is 0.722. The van der Waals surface area contributed by atoms with E-state index >= 15 is 0 Å². The first kappa shape index (κ1) is 19.1. The highest BCUT2D eigenvalue weighted by molar-refractivity contribution is 6.52. The molecule has 7 rings (SSSR count). The number of rotatable bonds is 0. The van der Waals surface area contributed by atoms with Crippen molar-refractivity contribution in [2.45, 2.75) is 0 Å². The minimum Gasteiger partial charge on any atom is -0.356 e. The van der Waals surface area contributed by atoms with E-state index in [1.807, 2.05) is 36.2 Å². The van der Waals surface area contributed by atoms with Crippen molar-refractivity contribution in [2.24, 2.45) is 0 Å². The van der Waals surface area contributed by atoms with Gasteiger partial charge in [0.1, 0.15) is 5.16 Å². The Bertz CT molecular complexity index is 1960. The molecular weight excluding hydrogens is 482 g/mol. The summed E-state index contributed by atoms with van der Waals surface area (Å²) in [5.74, 6) is 0. The summed E-state index contributed by atoms with van der Waals surface area (Å²) in [6, 6.07) is 10.5. The van der Waals surface area contributed by atoms with Gasteiger partial charge in [-0.15, -0.1) is 0 Å². The molecular formula is C26H14Cl4N2. The van der Waals surface area contributed by atoms with Crippen molar-refractivity contribution < 1.29 is 0 Å². The van der Waals surface area contributed by atoms with Crippen LogP contribution < -0.4 is 20.9 Å². The zero-order valence-corrected chi connectivity index (χ0v) is 20.0. The van der Waals surface area contributed by atoms with Crippen molar-refractivity contribution in [3.8, 4) is 0 Å². The lowest BCUT2D eigenvalue weighted by atomic mass is 9.87. The van der Waals surface area contributed by atoms with Crippen LogP contribution in [0.1, 0.15) is 0 Å². The van der Waals surface area contributed by atoms with Gasteiger partial charge in [-0.2, -0.15) is 0 Å². The Kier molecular flexibility index (Phi) is 3.68. The number of nitrogens with zero attached hydrogens (tertiary/aromatic N) is 2. The van der Waals surface area contributed by atoms with E-state index in [9.17, 15) is 0 Å². The van der Waals surface area contributed by atoms with Crippen LogP contribution >= 0.6 is 46.4 Å². The van der Waals surface area contributed by atoms with Gasteiger partial charge in [-0.3, -0.25) is 0 Å². The molecule has 0 spiro atoms. The molecule has 2 aliphatic rings. The summed E-state index contributed by atoms with van der Waals surface area (Å²) in [7, 11) is 3.94. The average molecular weight is 496 g/mol. The minimum atomic E-state index is 0.550. The fourth-order valence-electron chi connectivity index (χ4n) is 5.53. The van der Waals surface area contributed by atoms with Crippen LogP contribution in [0.3, 0.4) is 0 Å². The molecule has 2 nitrogen and oxygen atoms in total. The molecule has 0 saturated carbocycles. The van der Waals surface area contributed by atoms with Gasteiger partial charge >= 0.3 is 0 Å². The fourth-order valence-corrected chi connectivity index (χ4v) is 6.59. The maximum absolute atomic E-state index is 7.00. The second kappa shape index (κ2) is 6.15. The first-order chi connectivity index (χ1) is 15.4. The molecule has 32 heavy (non-hydrogen) atoms. The van der Waals surface area contributed by atoms with Gasteiger partial charge in [0.25, 0.3) is 0 Å². The third-order valence-corrected chi connectivity index (χ3v) is 8.39. The van der Waals surface area contributed by atoms with E-state index in [0.29, 0.717) is 20.2 Å². The Labute approximate surface area is 202 Å². The second-order valence-corrected chi connectivity index (χ2v) is 10.1. The fraction of sp³-hybridized carbons (Fsp3) is 0.0769. The molecule has 0 saturated heterocycles. The number of hydrogen-bond acceptors (Lipinski definition) is 2. The third kappa shape index (κ3) is 2.14. The van der Waals surface area contributed by atoms with E-state index in [2.05, 4.69) is 36.7 Å². The van der Waals surface area contributed by atoms with Crippen LogP contribution in [0.15, 0.2) is 30.3 Å². The molecule has 2 heterocycles. The predicted octanol–water partition coefficient (Wildman–Crippen LogP) is 5.11. The van der Waals surface area contributed by atoms with Gasteiger partial charge in [-0.25, -0.2) is 0 Å². The normalized spacial score (nSPS) is 15.1. The van der Waals surface area contributed by atoms with E-state index in [0.717, 1.165) is 64.0 Å². The number of benzene rings is 5. The van der Waals surface area contributed by atoms with Gasteiger partial charge in [-0.1, -0.05) is 70.7 Å². The molecule has 6 heteroatoms. The third-order valence-electron chi connectivity index (χ3n) is 6.75. The summed E-state index contributed by atoms with van der Waals surface area (Å²) in [5.41, 5.74) is 0. The Hall–Kier alpha value is -2.36. The van der Waals surface area contributed by atoms with E-state index in [4.69, 9.17) is 46.4 Å². The molecule has 0 atom stereocenters. The summed E-state index contributed by atoms with van der Waals surface area (Å²) in [6.45, 7) is 0. The lowest BCUT2D eigenvalue weighted by Crippen LogP contribution is -2.28. The van der Waals surface area contributed by atoms with Crippen molar-refractivity contribution in [3.63, 3.8) is 0 Å². The van der Waals surface area contributed by atoms with Crippen molar-refractivity contribution in [3.05, 3.63) is 66.3 Å². The molecule has 5 aromatic carbocycles. The van der Waals surface area contributed by atoms with E-state index in [1.54, 1.807) is 0 Å². The Morgan fingerprint density at radius 1 is 0.625 bits per heavy atom. The average Bonchev–Trinajstić information content (AvgIpc) is 2.76. The number of hydrogen-bond donors (Lipinski definition) is 0. The molecule has 156 valence electrons. The quantitative estimate of drug-likeness (QED) is 0.167. The molecule has 0 amide bonds. The number of halogens is 4. The largest absolute Gasteiger partial charge is 0.356 e. The lowest BCUT2D eigenvalue weighted by Gasteiger charge is -2.23. The summed E-state index contributed by atoms with van der Waals surface area (Å²) in [5, 5.41) is 15.0.